The van der Waals surface area contributed by atoms with Gasteiger partial charge in [-0.1, -0.05) is 147 Å². The summed E-state index contributed by atoms with van der Waals surface area (Å²) in [7, 11) is 0. The van der Waals surface area contributed by atoms with Gasteiger partial charge in [-0.2, -0.15) is 0 Å². The summed E-state index contributed by atoms with van der Waals surface area (Å²) in [6.07, 6.45) is 0.959. The van der Waals surface area contributed by atoms with Crippen molar-refractivity contribution in [2.75, 3.05) is 0 Å². The van der Waals surface area contributed by atoms with Crippen LogP contribution in [0.5, 0.6) is 0 Å². The number of para-hydroxylation sites is 1. The molecule has 50 heavy (non-hydrogen) atoms. The second-order valence-corrected chi connectivity index (χ2v) is 14.1. The molecule has 242 valence electrons. The van der Waals surface area contributed by atoms with Crippen LogP contribution in [-0.2, 0) is 0 Å². The minimum absolute atomic E-state index is 0.194. The van der Waals surface area contributed by atoms with Gasteiger partial charge in [-0.15, -0.1) is 0 Å². The topological polar surface area (TPSA) is 25.5 Å². The highest BCUT2D eigenvalue weighted by Crippen LogP contribution is 2.44. The van der Waals surface area contributed by atoms with Gasteiger partial charge >= 0.3 is 0 Å². The van der Waals surface area contributed by atoms with Crippen LogP contribution in [-0.4, -0.2) is 5.71 Å². The lowest BCUT2D eigenvalue weighted by Crippen LogP contribution is -2.27. The van der Waals surface area contributed by atoms with E-state index in [0.29, 0.717) is 11.8 Å². The Bertz CT molecular complexity index is 2600. The van der Waals surface area contributed by atoms with E-state index in [9.17, 15) is 0 Å². The van der Waals surface area contributed by atoms with Crippen LogP contribution in [0.2, 0.25) is 0 Å². The fraction of sp³-hybridized carbons (Fsp3) is 0.146. The maximum absolute atomic E-state index is 6.51. The SMILES string of the molecule is C/C1=C(c2ccc(-c3ccc4ccccc4c3)cc2)\N=C(\c2cc3c4ccccc4oc3c3ccccc23)C(C)C(C)C(c2ccccc2)C1. The van der Waals surface area contributed by atoms with Crippen molar-refractivity contribution in [2.45, 2.75) is 33.1 Å². The van der Waals surface area contributed by atoms with Crippen LogP contribution in [0.4, 0.5) is 0 Å². The smallest absolute Gasteiger partial charge is 0.143 e. The molecule has 3 atom stereocenters. The molecule has 2 nitrogen and oxygen atoms in total. The lowest BCUT2D eigenvalue weighted by atomic mass is 9.72. The summed E-state index contributed by atoms with van der Waals surface area (Å²) >= 11 is 0. The number of allylic oxidation sites excluding steroid dienone is 1. The summed E-state index contributed by atoms with van der Waals surface area (Å²) in [5.41, 5.74) is 11.5. The van der Waals surface area contributed by atoms with Gasteiger partial charge in [0.05, 0.1) is 11.4 Å². The first kappa shape index (κ1) is 30.3. The zero-order valence-electron chi connectivity index (χ0n) is 28.7. The molecule has 9 rings (SSSR count). The lowest BCUT2D eigenvalue weighted by Gasteiger charge is -2.34. The summed E-state index contributed by atoms with van der Waals surface area (Å²) in [6, 6.07) is 54.8. The maximum atomic E-state index is 6.51. The van der Waals surface area contributed by atoms with Crippen molar-refractivity contribution in [3.8, 4) is 11.1 Å². The lowest BCUT2D eigenvalue weighted by molar-refractivity contribution is 0.388. The zero-order valence-corrected chi connectivity index (χ0v) is 28.7. The normalized spacial score (nSPS) is 20.9. The maximum Gasteiger partial charge on any atom is 0.143 e. The van der Waals surface area contributed by atoms with Crippen LogP contribution in [0.3, 0.4) is 0 Å². The van der Waals surface area contributed by atoms with Crippen LogP contribution in [0.25, 0.3) is 60.3 Å². The van der Waals surface area contributed by atoms with Gasteiger partial charge in [0, 0.05) is 33.2 Å². The second kappa shape index (κ2) is 12.3. The number of fused-ring (bicyclic) bond motifs is 6. The van der Waals surface area contributed by atoms with Crippen molar-refractivity contribution >= 4 is 54.9 Å². The molecule has 3 unspecified atom stereocenters. The van der Waals surface area contributed by atoms with Crippen molar-refractivity contribution in [2.24, 2.45) is 16.8 Å². The second-order valence-electron chi connectivity index (χ2n) is 14.1. The molecule has 0 aliphatic carbocycles. The Morgan fingerprint density at radius 2 is 1.20 bits per heavy atom. The summed E-state index contributed by atoms with van der Waals surface area (Å²) in [5.74, 6) is 0.908. The molecule has 0 saturated heterocycles. The molecule has 0 bridgehead atoms. The number of aliphatic imine (C=N–C) groups is 1. The van der Waals surface area contributed by atoms with E-state index in [1.54, 1.807) is 0 Å². The fourth-order valence-corrected chi connectivity index (χ4v) is 8.21. The Kier molecular flexibility index (Phi) is 7.47. The molecule has 2 heteroatoms. The first-order chi connectivity index (χ1) is 24.5. The van der Waals surface area contributed by atoms with E-state index in [1.165, 1.54) is 44.0 Å². The number of hydrogen-bond donors (Lipinski definition) is 0. The number of hydrogen-bond acceptors (Lipinski definition) is 2. The molecule has 0 fully saturated rings. The fourth-order valence-electron chi connectivity index (χ4n) is 8.21. The van der Waals surface area contributed by atoms with Gasteiger partial charge in [0.15, 0.2) is 0 Å². The van der Waals surface area contributed by atoms with Gasteiger partial charge < -0.3 is 4.42 Å². The van der Waals surface area contributed by atoms with Crippen molar-refractivity contribution in [1.82, 2.24) is 0 Å². The van der Waals surface area contributed by atoms with Crippen LogP contribution in [0, 0.1) is 11.8 Å². The molecule has 1 aliphatic rings. The highest BCUT2D eigenvalue weighted by Gasteiger charge is 2.32. The van der Waals surface area contributed by atoms with Crippen LogP contribution >= 0.6 is 0 Å². The number of rotatable bonds is 4. The highest BCUT2D eigenvalue weighted by molar-refractivity contribution is 6.23. The number of furan rings is 1. The van der Waals surface area contributed by atoms with Crippen molar-refractivity contribution < 1.29 is 4.42 Å². The first-order valence-corrected chi connectivity index (χ1v) is 17.8. The van der Waals surface area contributed by atoms with E-state index in [-0.39, 0.29) is 5.92 Å². The molecule has 0 amide bonds. The molecule has 1 aliphatic heterocycles. The molecule has 0 N–H and O–H groups in total. The first-order valence-electron chi connectivity index (χ1n) is 17.8. The third-order valence-electron chi connectivity index (χ3n) is 11.1. The Balaban J connectivity index is 1.24. The summed E-state index contributed by atoms with van der Waals surface area (Å²) < 4.78 is 6.51. The predicted octanol–water partition coefficient (Wildman–Crippen LogP) is 13.2. The zero-order chi connectivity index (χ0) is 33.8. The van der Waals surface area contributed by atoms with Gasteiger partial charge in [0.25, 0.3) is 0 Å². The molecule has 0 spiro atoms. The Morgan fingerprint density at radius 1 is 0.560 bits per heavy atom. The predicted molar refractivity (Wildman–Crippen MR) is 212 cm³/mol. The van der Waals surface area contributed by atoms with Crippen LogP contribution in [0.15, 0.2) is 167 Å². The summed E-state index contributed by atoms with van der Waals surface area (Å²) in [5, 5.41) is 7.10. The van der Waals surface area contributed by atoms with Gasteiger partial charge in [-0.05, 0) is 81.8 Å². The average molecular weight is 646 g/mol. The monoisotopic (exact) mass is 645 g/mol. The minimum atomic E-state index is 0.194. The molecule has 1 aromatic heterocycles. The third kappa shape index (κ3) is 5.15. The molecule has 0 radical (unpaired) electrons. The van der Waals surface area contributed by atoms with E-state index in [1.807, 2.05) is 6.07 Å². The van der Waals surface area contributed by atoms with Crippen LogP contribution < -0.4 is 0 Å². The number of nitrogens with zero attached hydrogens (tertiary/aromatic N) is 1. The molecular weight excluding hydrogens is 607 g/mol. The minimum Gasteiger partial charge on any atom is -0.455 e. The van der Waals surface area contributed by atoms with Gasteiger partial charge in [0.1, 0.15) is 11.2 Å². The standard InChI is InChI=1S/C48H39NO/c1-30-27-42(35-14-5-4-6-15-35)31(2)32(3)47(43-29-44-40-18-11-12-20-45(40)50-48(44)41-19-10-9-17-39(41)43)49-46(30)36-24-21-34(22-25-36)38-26-23-33-13-7-8-16-37(33)28-38/h4-26,28-29,31-32,42H,27H2,1-3H3/b46-30+,49-47+. The average Bonchev–Trinajstić information content (AvgIpc) is 3.55. The van der Waals surface area contributed by atoms with Crippen LogP contribution in [0.1, 0.15) is 49.8 Å². The van der Waals surface area contributed by atoms with Gasteiger partial charge in [-0.25, -0.2) is 0 Å². The highest BCUT2D eigenvalue weighted by atomic mass is 16.3. The van der Waals surface area contributed by atoms with E-state index < -0.39 is 0 Å². The molecular formula is C48H39NO. The molecule has 0 saturated carbocycles. The van der Waals surface area contributed by atoms with Crippen molar-refractivity contribution in [3.63, 3.8) is 0 Å². The summed E-state index contributed by atoms with van der Waals surface area (Å²) in [4.78, 5) is 5.75. The van der Waals surface area contributed by atoms with E-state index >= 15 is 0 Å². The molecule has 7 aromatic carbocycles. The van der Waals surface area contributed by atoms with Gasteiger partial charge in [0.2, 0.25) is 0 Å². The Labute approximate surface area is 293 Å². The Morgan fingerprint density at radius 3 is 2.00 bits per heavy atom. The summed E-state index contributed by atoms with van der Waals surface area (Å²) in [6.45, 7) is 7.09. The quantitative estimate of drug-likeness (QED) is 0.187. The van der Waals surface area contributed by atoms with E-state index in [2.05, 4.69) is 166 Å². The third-order valence-corrected chi connectivity index (χ3v) is 11.1. The van der Waals surface area contributed by atoms with E-state index in [0.717, 1.165) is 50.7 Å². The molecule has 2 heterocycles. The largest absolute Gasteiger partial charge is 0.455 e. The Hall–Kier alpha value is -5.73. The van der Waals surface area contributed by atoms with Gasteiger partial charge in [-0.3, -0.25) is 4.99 Å². The van der Waals surface area contributed by atoms with Crippen molar-refractivity contribution in [3.05, 3.63) is 174 Å². The van der Waals surface area contributed by atoms with E-state index in [4.69, 9.17) is 9.41 Å². The number of benzene rings is 7. The van der Waals surface area contributed by atoms with Crippen molar-refractivity contribution in [1.29, 1.82) is 0 Å². The molecule has 8 aromatic rings.